The number of hydrogen-bond acceptors (Lipinski definition) is 1. The van der Waals surface area contributed by atoms with Crippen molar-refractivity contribution in [2.24, 2.45) is 22.7 Å². The fraction of sp³-hybridized carbons (Fsp3) is 0.625. The van der Waals surface area contributed by atoms with E-state index >= 15 is 0 Å². The molecule has 1 heteroatoms. The van der Waals surface area contributed by atoms with E-state index in [1.54, 1.807) is 0 Å². The lowest BCUT2D eigenvalue weighted by Crippen LogP contribution is -1.87. The molecule has 0 N–H and O–H groups in total. The molecular formula is C8H11N. The van der Waals surface area contributed by atoms with Gasteiger partial charge in [0.15, 0.2) is 0 Å². The van der Waals surface area contributed by atoms with Gasteiger partial charge >= 0.3 is 0 Å². The van der Waals surface area contributed by atoms with Crippen LogP contribution in [0.25, 0.3) is 0 Å². The van der Waals surface area contributed by atoms with Gasteiger partial charge in [-0.2, -0.15) is 0 Å². The minimum atomic E-state index is 0.786. The Hall–Kier alpha value is -0.590. The zero-order valence-electron chi connectivity index (χ0n) is 5.83. The molecule has 2 aliphatic rings. The molecule has 1 aliphatic carbocycles. The molecule has 48 valence electrons. The van der Waals surface area contributed by atoms with Crippen LogP contribution in [0.2, 0.25) is 0 Å². The molecule has 0 amide bonds. The van der Waals surface area contributed by atoms with Gasteiger partial charge in [0, 0.05) is 17.8 Å². The Morgan fingerprint density at radius 2 is 2.22 bits per heavy atom. The minimum absolute atomic E-state index is 0.786. The third-order valence-electron chi connectivity index (χ3n) is 2.40. The molecule has 0 aromatic carbocycles. The SMILES string of the molecule is CC1=CC2C(C)C2C=N1. The highest BCUT2D eigenvalue weighted by molar-refractivity contribution is 5.69. The van der Waals surface area contributed by atoms with Crippen LogP contribution in [0.5, 0.6) is 0 Å². The first-order valence-electron chi connectivity index (χ1n) is 3.51. The minimum Gasteiger partial charge on any atom is -0.266 e. The van der Waals surface area contributed by atoms with Gasteiger partial charge in [-0.25, -0.2) is 0 Å². The summed E-state index contributed by atoms with van der Waals surface area (Å²) >= 11 is 0. The Kier molecular flexibility index (Phi) is 0.850. The quantitative estimate of drug-likeness (QED) is 0.464. The van der Waals surface area contributed by atoms with Gasteiger partial charge < -0.3 is 0 Å². The van der Waals surface area contributed by atoms with Gasteiger partial charge in [-0.3, -0.25) is 4.99 Å². The van der Waals surface area contributed by atoms with Gasteiger partial charge in [0.05, 0.1) is 0 Å². The Labute approximate surface area is 55.5 Å². The lowest BCUT2D eigenvalue weighted by atomic mass is 10.2. The van der Waals surface area contributed by atoms with Crippen molar-refractivity contribution in [2.45, 2.75) is 13.8 Å². The van der Waals surface area contributed by atoms with Crippen LogP contribution in [0.3, 0.4) is 0 Å². The molecule has 1 fully saturated rings. The van der Waals surface area contributed by atoms with Crippen LogP contribution < -0.4 is 0 Å². The van der Waals surface area contributed by atoms with E-state index in [1.807, 2.05) is 0 Å². The smallest absolute Gasteiger partial charge is 0.0332 e. The maximum absolute atomic E-state index is 4.24. The van der Waals surface area contributed by atoms with Gasteiger partial charge in [-0.1, -0.05) is 13.0 Å². The van der Waals surface area contributed by atoms with Crippen LogP contribution in [-0.4, -0.2) is 6.21 Å². The van der Waals surface area contributed by atoms with E-state index in [1.165, 1.54) is 5.70 Å². The zero-order chi connectivity index (χ0) is 6.43. The molecule has 0 aromatic rings. The summed E-state index contributed by atoms with van der Waals surface area (Å²) in [5.41, 5.74) is 1.20. The molecule has 0 bridgehead atoms. The topological polar surface area (TPSA) is 12.4 Å². The first kappa shape index (κ1) is 5.21. The molecule has 0 radical (unpaired) electrons. The third-order valence-corrected chi connectivity index (χ3v) is 2.40. The fourth-order valence-corrected chi connectivity index (χ4v) is 1.55. The van der Waals surface area contributed by atoms with E-state index in [2.05, 4.69) is 31.1 Å². The summed E-state index contributed by atoms with van der Waals surface area (Å²) in [5, 5.41) is 0. The number of rotatable bonds is 0. The van der Waals surface area contributed by atoms with Crippen molar-refractivity contribution in [1.82, 2.24) is 0 Å². The molecule has 2 rings (SSSR count). The van der Waals surface area contributed by atoms with E-state index in [0.29, 0.717) is 0 Å². The number of aliphatic imine (C=N–C) groups is 1. The average Bonchev–Trinajstić information content (AvgIpc) is 2.43. The first-order valence-corrected chi connectivity index (χ1v) is 3.51. The van der Waals surface area contributed by atoms with E-state index in [9.17, 15) is 0 Å². The number of fused-ring (bicyclic) bond motifs is 1. The van der Waals surface area contributed by atoms with Crippen molar-refractivity contribution in [3.05, 3.63) is 11.8 Å². The molecule has 3 atom stereocenters. The predicted molar refractivity (Wildman–Crippen MR) is 38.4 cm³/mol. The molecule has 1 saturated carbocycles. The summed E-state index contributed by atoms with van der Waals surface area (Å²) in [7, 11) is 0. The first-order chi connectivity index (χ1) is 4.29. The number of allylic oxidation sites excluding steroid dienone is 2. The summed E-state index contributed by atoms with van der Waals surface area (Å²) in [5.74, 6) is 2.49. The van der Waals surface area contributed by atoms with Crippen LogP contribution in [0.1, 0.15) is 13.8 Å². The van der Waals surface area contributed by atoms with Crippen molar-refractivity contribution in [3.8, 4) is 0 Å². The summed E-state index contributed by atoms with van der Waals surface area (Å²) in [4.78, 5) is 4.24. The number of nitrogens with zero attached hydrogens (tertiary/aromatic N) is 1. The maximum Gasteiger partial charge on any atom is 0.0332 e. The van der Waals surface area contributed by atoms with E-state index < -0.39 is 0 Å². The molecule has 9 heavy (non-hydrogen) atoms. The van der Waals surface area contributed by atoms with Crippen LogP contribution in [0, 0.1) is 17.8 Å². The normalized spacial score (nSPS) is 46.0. The maximum atomic E-state index is 4.24. The summed E-state index contributed by atoms with van der Waals surface area (Å²) in [6, 6.07) is 0. The second kappa shape index (κ2) is 1.47. The largest absolute Gasteiger partial charge is 0.266 e. The lowest BCUT2D eigenvalue weighted by Gasteiger charge is -1.95. The molecule has 3 unspecified atom stereocenters. The lowest BCUT2D eigenvalue weighted by molar-refractivity contribution is 0.890. The van der Waals surface area contributed by atoms with Gasteiger partial charge in [-0.05, 0) is 18.8 Å². The van der Waals surface area contributed by atoms with E-state index in [0.717, 1.165) is 17.8 Å². The Bertz CT molecular complexity index is 191. The van der Waals surface area contributed by atoms with Crippen molar-refractivity contribution in [1.29, 1.82) is 0 Å². The summed E-state index contributed by atoms with van der Waals surface area (Å²) in [6.07, 6.45) is 4.39. The van der Waals surface area contributed by atoms with Crippen molar-refractivity contribution >= 4 is 6.21 Å². The summed E-state index contributed by atoms with van der Waals surface area (Å²) in [6.45, 7) is 4.36. The highest BCUT2D eigenvalue weighted by atomic mass is 14.8. The summed E-state index contributed by atoms with van der Waals surface area (Å²) < 4.78 is 0. The van der Waals surface area contributed by atoms with Crippen LogP contribution in [0.15, 0.2) is 16.8 Å². The monoisotopic (exact) mass is 121 g/mol. The van der Waals surface area contributed by atoms with Gasteiger partial charge in [0.1, 0.15) is 0 Å². The van der Waals surface area contributed by atoms with Crippen LogP contribution in [0.4, 0.5) is 0 Å². The average molecular weight is 121 g/mol. The van der Waals surface area contributed by atoms with Crippen molar-refractivity contribution < 1.29 is 0 Å². The Morgan fingerprint density at radius 1 is 1.44 bits per heavy atom. The van der Waals surface area contributed by atoms with Gasteiger partial charge in [0.25, 0.3) is 0 Å². The fourth-order valence-electron chi connectivity index (χ4n) is 1.55. The second-order valence-electron chi connectivity index (χ2n) is 3.10. The molecule has 1 heterocycles. The standard InChI is InChI=1S/C8H11N/c1-5-3-7-6(2)8(7)4-9-5/h3-4,6-8H,1-2H3. The van der Waals surface area contributed by atoms with Gasteiger partial charge in [-0.15, -0.1) is 0 Å². The Morgan fingerprint density at radius 3 is 2.78 bits per heavy atom. The Balaban J connectivity index is 2.24. The molecule has 0 spiro atoms. The molecule has 1 aliphatic heterocycles. The molecule has 1 nitrogen and oxygen atoms in total. The zero-order valence-corrected chi connectivity index (χ0v) is 5.83. The highest BCUT2D eigenvalue weighted by Crippen LogP contribution is 2.47. The predicted octanol–water partition coefficient (Wildman–Crippen LogP) is 1.86. The third kappa shape index (κ3) is 0.640. The van der Waals surface area contributed by atoms with Crippen molar-refractivity contribution in [2.75, 3.05) is 0 Å². The van der Waals surface area contributed by atoms with E-state index in [-0.39, 0.29) is 0 Å². The van der Waals surface area contributed by atoms with E-state index in [4.69, 9.17) is 0 Å². The van der Waals surface area contributed by atoms with Crippen molar-refractivity contribution in [3.63, 3.8) is 0 Å². The van der Waals surface area contributed by atoms with Crippen LogP contribution in [-0.2, 0) is 0 Å². The van der Waals surface area contributed by atoms with Crippen LogP contribution >= 0.6 is 0 Å². The second-order valence-corrected chi connectivity index (χ2v) is 3.10. The molecule has 0 aromatic heterocycles. The molecule has 0 saturated heterocycles. The number of hydrogen-bond donors (Lipinski definition) is 0. The highest BCUT2D eigenvalue weighted by Gasteiger charge is 2.44. The molecular weight excluding hydrogens is 110 g/mol. The van der Waals surface area contributed by atoms with Gasteiger partial charge in [0.2, 0.25) is 0 Å².